The zero-order valence-corrected chi connectivity index (χ0v) is 7.90. The van der Waals surface area contributed by atoms with Gasteiger partial charge in [0.05, 0.1) is 0 Å². The zero-order valence-electron chi connectivity index (χ0n) is 7.08. The van der Waals surface area contributed by atoms with Crippen LogP contribution in [0.4, 0.5) is 0 Å². The predicted molar refractivity (Wildman–Crippen MR) is 52.8 cm³/mol. The molecule has 0 bridgehead atoms. The predicted octanol–water partition coefficient (Wildman–Crippen LogP) is 1.70. The molecule has 3 heteroatoms. The molecule has 0 fully saturated rings. The molecule has 2 N–H and O–H groups in total. The van der Waals surface area contributed by atoms with E-state index in [0.29, 0.717) is 5.75 Å². The van der Waals surface area contributed by atoms with Gasteiger partial charge in [-0.05, 0) is 25.2 Å². The highest BCUT2D eigenvalue weighted by molar-refractivity contribution is 7.99. The first kappa shape index (κ1) is 9.42. The number of rotatable bonds is 4. The molecule has 0 saturated carbocycles. The molecule has 0 saturated heterocycles. The number of benzene rings is 1. The molecule has 0 amide bonds. The van der Waals surface area contributed by atoms with E-state index in [1.54, 1.807) is 23.9 Å². The quantitative estimate of drug-likeness (QED) is 0.550. The summed E-state index contributed by atoms with van der Waals surface area (Å²) in [5.41, 5.74) is 0. The summed E-state index contributed by atoms with van der Waals surface area (Å²) in [7, 11) is 1.93. The van der Waals surface area contributed by atoms with Crippen molar-refractivity contribution >= 4 is 11.8 Å². The Morgan fingerprint density at radius 2 is 2.33 bits per heavy atom. The fourth-order valence-corrected chi connectivity index (χ4v) is 1.77. The number of hydrogen-bond acceptors (Lipinski definition) is 3. The van der Waals surface area contributed by atoms with Crippen LogP contribution in [0.15, 0.2) is 29.2 Å². The maximum atomic E-state index is 9.14. The van der Waals surface area contributed by atoms with Crippen LogP contribution in [0.2, 0.25) is 0 Å². The van der Waals surface area contributed by atoms with Crippen LogP contribution in [0, 0.1) is 0 Å². The molecule has 2 nitrogen and oxygen atoms in total. The van der Waals surface area contributed by atoms with E-state index in [1.807, 2.05) is 19.2 Å². The third-order valence-corrected chi connectivity index (χ3v) is 2.43. The van der Waals surface area contributed by atoms with Crippen molar-refractivity contribution in [3.8, 4) is 5.75 Å². The molecule has 0 aliphatic rings. The van der Waals surface area contributed by atoms with Crippen molar-refractivity contribution in [3.63, 3.8) is 0 Å². The van der Waals surface area contributed by atoms with E-state index in [2.05, 4.69) is 5.32 Å². The van der Waals surface area contributed by atoms with Gasteiger partial charge in [-0.2, -0.15) is 0 Å². The third-order valence-electron chi connectivity index (χ3n) is 1.44. The fourth-order valence-electron chi connectivity index (χ4n) is 0.844. The van der Waals surface area contributed by atoms with E-state index >= 15 is 0 Å². The smallest absolute Gasteiger partial charge is 0.116 e. The van der Waals surface area contributed by atoms with Crippen molar-refractivity contribution in [2.45, 2.75) is 4.90 Å². The molecule has 1 aromatic carbocycles. The summed E-state index contributed by atoms with van der Waals surface area (Å²) in [5, 5.41) is 12.2. The first-order chi connectivity index (χ1) is 5.83. The second-order valence-corrected chi connectivity index (χ2v) is 3.62. The van der Waals surface area contributed by atoms with Crippen molar-refractivity contribution in [1.29, 1.82) is 0 Å². The van der Waals surface area contributed by atoms with Gasteiger partial charge < -0.3 is 10.4 Å². The summed E-state index contributed by atoms with van der Waals surface area (Å²) < 4.78 is 0. The molecular formula is C9H13NOS. The lowest BCUT2D eigenvalue weighted by molar-refractivity contribution is 0.474. The number of nitrogens with one attached hydrogen (secondary N) is 1. The number of thioether (sulfide) groups is 1. The number of phenolic OH excluding ortho intramolecular Hbond substituents is 1. The molecular weight excluding hydrogens is 170 g/mol. The summed E-state index contributed by atoms with van der Waals surface area (Å²) in [6, 6.07) is 7.32. The first-order valence-corrected chi connectivity index (χ1v) is 4.88. The normalized spacial score (nSPS) is 10.1. The maximum Gasteiger partial charge on any atom is 0.116 e. The monoisotopic (exact) mass is 183 g/mol. The lowest BCUT2D eigenvalue weighted by atomic mass is 10.3. The fraction of sp³-hybridized carbons (Fsp3) is 0.333. The Morgan fingerprint density at radius 3 is 3.00 bits per heavy atom. The molecule has 1 rings (SSSR count). The van der Waals surface area contributed by atoms with Gasteiger partial charge in [0.25, 0.3) is 0 Å². The highest BCUT2D eigenvalue weighted by atomic mass is 32.2. The Labute approximate surface area is 77.0 Å². The van der Waals surface area contributed by atoms with Crippen LogP contribution in [-0.2, 0) is 0 Å². The van der Waals surface area contributed by atoms with Crippen LogP contribution in [0.3, 0.4) is 0 Å². The minimum atomic E-state index is 0.337. The van der Waals surface area contributed by atoms with E-state index in [1.165, 1.54) is 0 Å². The number of hydrogen-bond donors (Lipinski definition) is 2. The molecule has 0 unspecified atom stereocenters. The second-order valence-electron chi connectivity index (χ2n) is 2.45. The average molecular weight is 183 g/mol. The van der Waals surface area contributed by atoms with Crippen LogP contribution in [0.5, 0.6) is 5.75 Å². The highest BCUT2D eigenvalue weighted by Crippen LogP contribution is 2.21. The van der Waals surface area contributed by atoms with E-state index in [9.17, 15) is 0 Å². The van der Waals surface area contributed by atoms with Crippen LogP contribution >= 0.6 is 11.8 Å². The lowest BCUT2D eigenvalue weighted by Gasteiger charge is -2.00. The molecule has 0 heterocycles. The Kier molecular flexibility index (Phi) is 3.97. The van der Waals surface area contributed by atoms with Crippen LogP contribution < -0.4 is 5.32 Å². The molecule has 0 aromatic heterocycles. The number of phenols is 1. The first-order valence-electron chi connectivity index (χ1n) is 3.89. The summed E-state index contributed by atoms with van der Waals surface area (Å²) >= 11 is 1.74. The van der Waals surface area contributed by atoms with Crippen molar-refractivity contribution in [3.05, 3.63) is 24.3 Å². The minimum Gasteiger partial charge on any atom is -0.508 e. The zero-order chi connectivity index (χ0) is 8.81. The summed E-state index contributed by atoms with van der Waals surface area (Å²) in [4.78, 5) is 1.12. The highest BCUT2D eigenvalue weighted by Gasteiger charge is 1.93. The number of aromatic hydroxyl groups is 1. The molecule has 66 valence electrons. The van der Waals surface area contributed by atoms with Gasteiger partial charge in [-0.25, -0.2) is 0 Å². The van der Waals surface area contributed by atoms with Crippen molar-refractivity contribution in [2.24, 2.45) is 0 Å². The summed E-state index contributed by atoms with van der Waals surface area (Å²) in [6.07, 6.45) is 0. The van der Waals surface area contributed by atoms with Crippen LogP contribution in [0.25, 0.3) is 0 Å². The molecule has 0 aliphatic heterocycles. The molecule has 1 aromatic rings. The van der Waals surface area contributed by atoms with Gasteiger partial charge in [0, 0.05) is 17.2 Å². The topological polar surface area (TPSA) is 32.3 Å². The SMILES string of the molecule is CNCCSc1cccc(O)c1. The minimum absolute atomic E-state index is 0.337. The largest absolute Gasteiger partial charge is 0.508 e. The van der Waals surface area contributed by atoms with Gasteiger partial charge in [0.2, 0.25) is 0 Å². The van der Waals surface area contributed by atoms with E-state index in [0.717, 1.165) is 17.2 Å². The molecule has 0 spiro atoms. The van der Waals surface area contributed by atoms with Crippen molar-refractivity contribution in [1.82, 2.24) is 5.32 Å². The van der Waals surface area contributed by atoms with Crippen molar-refractivity contribution in [2.75, 3.05) is 19.3 Å². The van der Waals surface area contributed by atoms with Gasteiger partial charge in [-0.3, -0.25) is 0 Å². The van der Waals surface area contributed by atoms with Gasteiger partial charge >= 0.3 is 0 Å². The standard InChI is InChI=1S/C9H13NOS/c1-10-5-6-12-9-4-2-3-8(11)7-9/h2-4,7,10-11H,5-6H2,1H3. The van der Waals surface area contributed by atoms with Crippen LogP contribution in [0.1, 0.15) is 0 Å². The maximum absolute atomic E-state index is 9.14. The molecule has 12 heavy (non-hydrogen) atoms. The van der Waals surface area contributed by atoms with Gasteiger partial charge in [-0.1, -0.05) is 6.07 Å². The Bertz CT molecular complexity index is 240. The van der Waals surface area contributed by atoms with E-state index in [-0.39, 0.29) is 0 Å². The molecule has 0 radical (unpaired) electrons. The third kappa shape index (κ3) is 3.15. The second kappa shape index (κ2) is 5.06. The van der Waals surface area contributed by atoms with Crippen molar-refractivity contribution < 1.29 is 5.11 Å². The summed E-state index contributed by atoms with van der Waals surface area (Å²) in [5.74, 6) is 1.37. The molecule has 0 atom stereocenters. The van der Waals surface area contributed by atoms with Gasteiger partial charge in [0.1, 0.15) is 5.75 Å². The lowest BCUT2D eigenvalue weighted by Crippen LogP contribution is -2.09. The van der Waals surface area contributed by atoms with Gasteiger partial charge in [0.15, 0.2) is 0 Å². The van der Waals surface area contributed by atoms with E-state index in [4.69, 9.17) is 5.11 Å². The Morgan fingerprint density at radius 1 is 1.50 bits per heavy atom. The average Bonchev–Trinajstić information content (AvgIpc) is 2.05. The van der Waals surface area contributed by atoms with Crippen LogP contribution in [-0.4, -0.2) is 24.5 Å². The van der Waals surface area contributed by atoms with Gasteiger partial charge in [-0.15, -0.1) is 11.8 Å². The Hall–Kier alpha value is -0.670. The molecule has 0 aliphatic carbocycles. The summed E-state index contributed by atoms with van der Waals surface area (Å²) in [6.45, 7) is 0.986. The van der Waals surface area contributed by atoms with E-state index < -0.39 is 0 Å². The Balaban J connectivity index is 2.41.